The molecule has 0 radical (unpaired) electrons. The van der Waals surface area contributed by atoms with Crippen molar-refractivity contribution in [2.24, 2.45) is 11.8 Å². The lowest BCUT2D eigenvalue weighted by molar-refractivity contribution is -0.135. The highest BCUT2D eigenvalue weighted by Gasteiger charge is 2.74. The molecule has 1 N–H and O–H groups in total. The number of benzene rings is 2. The first kappa shape index (κ1) is 18.2. The summed E-state index contributed by atoms with van der Waals surface area (Å²) in [6.45, 7) is 0.594. The van der Waals surface area contributed by atoms with Crippen LogP contribution < -0.4 is 10.2 Å². The standard InChI is InChI=1S/C22H17BrFN3O3/c23-13-4-1-2-5-15(13)27-19(28)17-16-6-3-9-26(16)22(18(17)20(27)29)12-10-11(24)7-8-14(12)25-21(22)30/h1-2,4-5,7-8,10,16-18H,3,6,9H2,(H,25,30)/t16-,17+,18+,22-/m0/s1. The molecule has 0 aliphatic carbocycles. The van der Waals surface area contributed by atoms with E-state index >= 15 is 0 Å². The van der Waals surface area contributed by atoms with Gasteiger partial charge in [0, 0.05) is 21.8 Å². The SMILES string of the molecule is O=C1[C@@H]2[C@@H]3CCCN3[C@]3(C(=O)Nc4ccc(F)cc43)[C@H]2C(=O)N1c1ccccc1Br. The molecule has 4 aliphatic rings. The molecule has 8 heteroatoms. The monoisotopic (exact) mass is 469 g/mol. The van der Waals surface area contributed by atoms with E-state index < -0.39 is 29.1 Å². The van der Waals surface area contributed by atoms with E-state index in [1.54, 1.807) is 18.2 Å². The van der Waals surface area contributed by atoms with E-state index in [0.717, 1.165) is 12.8 Å². The van der Waals surface area contributed by atoms with Gasteiger partial charge in [0.2, 0.25) is 17.7 Å². The highest BCUT2D eigenvalue weighted by Crippen LogP contribution is 2.60. The molecule has 3 fully saturated rings. The van der Waals surface area contributed by atoms with E-state index in [1.807, 2.05) is 11.0 Å². The maximum atomic E-state index is 14.3. The highest BCUT2D eigenvalue weighted by molar-refractivity contribution is 9.10. The van der Waals surface area contributed by atoms with Crippen LogP contribution in [0.3, 0.4) is 0 Å². The van der Waals surface area contributed by atoms with Crippen LogP contribution >= 0.6 is 15.9 Å². The van der Waals surface area contributed by atoms with Crippen molar-refractivity contribution >= 4 is 45.0 Å². The van der Waals surface area contributed by atoms with Crippen molar-refractivity contribution in [3.05, 3.63) is 58.3 Å². The number of nitrogens with one attached hydrogen (secondary N) is 1. The number of nitrogens with zero attached hydrogens (tertiary/aromatic N) is 2. The fourth-order valence-electron chi connectivity index (χ4n) is 6.05. The van der Waals surface area contributed by atoms with Crippen LogP contribution in [0, 0.1) is 17.7 Å². The molecule has 2 aromatic carbocycles. The first-order valence-corrected chi connectivity index (χ1v) is 10.8. The van der Waals surface area contributed by atoms with E-state index in [4.69, 9.17) is 0 Å². The second kappa shape index (κ2) is 5.98. The summed E-state index contributed by atoms with van der Waals surface area (Å²) in [4.78, 5) is 44.0. The Labute approximate surface area is 180 Å². The molecule has 1 spiro atoms. The van der Waals surface area contributed by atoms with Crippen molar-refractivity contribution in [3.8, 4) is 0 Å². The summed E-state index contributed by atoms with van der Waals surface area (Å²) in [5.74, 6) is -3.03. The van der Waals surface area contributed by atoms with Gasteiger partial charge in [0.25, 0.3) is 0 Å². The van der Waals surface area contributed by atoms with E-state index in [0.29, 0.717) is 28.0 Å². The van der Waals surface area contributed by atoms with Crippen molar-refractivity contribution in [3.63, 3.8) is 0 Å². The molecule has 4 heterocycles. The molecular weight excluding hydrogens is 453 g/mol. The second-order valence-electron chi connectivity index (χ2n) is 8.28. The Kier molecular flexibility index (Phi) is 3.63. The third-order valence-electron chi connectivity index (χ3n) is 7.05. The van der Waals surface area contributed by atoms with Crippen molar-refractivity contribution in [2.45, 2.75) is 24.4 Å². The van der Waals surface area contributed by atoms with Gasteiger partial charge < -0.3 is 5.32 Å². The van der Waals surface area contributed by atoms with E-state index in [9.17, 15) is 18.8 Å². The van der Waals surface area contributed by atoms with Crippen LogP contribution in [0.15, 0.2) is 46.9 Å². The molecule has 6 nitrogen and oxygen atoms in total. The normalized spacial score (nSPS) is 32.0. The van der Waals surface area contributed by atoms with Gasteiger partial charge in [0.1, 0.15) is 11.4 Å². The topological polar surface area (TPSA) is 69.7 Å². The van der Waals surface area contributed by atoms with Gasteiger partial charge in [0.15, 0.2) is 0 Å². The minimum Gasteiger partial charge on any atom is -0.324 e. The molecule has 0 bridgehead atoms. The van der Waals surface area contributed by atoms with Crippen molar-refractivity contribution in [2.75, 3.05) is 16.8 Å². The quantitative estimate of drug-likeness (QED) is 0.651. The van der Waals surface area contributed by atoms with Crippen molar-refractivity contribution in [1.82, 2.24) is 4.90 Å². The number of hydrogen-bond donors (Lipinski definition) is 1. The number of carbonyl (C=O) groups excluding carboxylic acids is 3. The lowest BCUT2D eigenvalue weighted by Crippen LogP contribution is -2.54. The summed E-state index contributed by atoms with van der Waals surface area (Å²) in [5, 5.41) is 2.85. The first-order chi connectivity index (χ1) is 14.5. The molecule has 4 atom stereocenters. The number of fused-ring (bicyclic) bond motifs is 7. The zero-order chi connectivity index (χ0) is 20.8. The van der Waals surface area contributed by atoms with Crippen LogP contribution in [0.25, 0.3) is 0 Å². The Morgan fingerprint density at radius 3 is 2.70 bits per heavy atom. The van der Waals surface area contributed by atoms with Gasteiger partial charge in [-0.25, -0.2) is 9.29 Å². The van der Waals surface area contributed by atoms with Gasteiger partial charge in [-0.3, -0.25) is 19.3 Å². The Morgan fingerprint density at radius 1 is 1.10 bits per heavy atom. The fourth-order valence-corrected chi connectivity index (χ4v) is 6.51. The zero-order valence-electron chi connectivity index (χ0n) is 15.8. The van der Waals surface area contributed by atoms with Crippen molar-refractivity contribution < 1.29 is 18.8 Å². The maximum Gasteiger partial charge on any atom is 0.250 e. The van der Waals surface area contributed by atoms with Crippen LogP contribution in [0.2, 0.25) is 0 Å². The summed E-state index contributed by atoms with van der Waals surface area (Å²) in [6, 6.07) is 11.0. The lowest BCUT2D eigenvalue weighted by atomic mass is 9.75. The second-order valence-corrected chi connectivity index (χ2v) is 9.13. The zero-order valence-corrected chi connectivity index (χ0v) is 17.4. The Hall–Kier alpha value is -2.58. The van der Waals surface area contributed by atoms with Gasteiger partial charge in [-0.2, -0.15) is 0 Å². The smallest absolute Gasteiger partial charge is 0.250 e. The molecular formula is C22H17BrFN3O3. The Balaban J connectivity index is 1.58. The maximum absolute atomic E-state index is 14.3. The molecule has 0 unspecified atom stereocenters. The van der Waals surface area contributed by atoms with Crippen molar-refractivity contribution in [1.29, 1.82) is 0 Å². The molecule has 3 saturated heterocycles. The molecule has 3 amide bonds. The first-order valence-electron chi connectivity index (χ1n) is 9.97. The van der Waals surface area contributed by atoms with Gasteiger partial charge in [-0.1, -0.05) is 12.1 Å². The number of hydrogen-bond acceptors (Lipinski definition) is 4. The van der Waals surface area contributed by atoms with Crippen LogP contribution in [0.4, 0.5) is 15.8 Å². The van der Waals surface area contributed by atoms with Gasteiger partial charge in [0.05, 0.1) is 17.5 Å². The van der Waals surface area contributed by atoms with Crippen LogP contribution in [0.5, 0.6) is 0 Å². The molecule has 0 saturated carbocycles. The predicted molar refractivity (Wildman–Crippen MR) is 110 cm³/mol. The molecule has 0 aromatic heterocycles. The number of rotatable bonds is 1. The van der Waals surface area contributed by atoms with Crippen LogP contribution in [0.1, 0.15) is 18.4 Å². The van der Waals surface area contributed by atoms with Crippen LogP contribution in [-0.4, -0.2) is 35.2 Å². The van der Waals surface area contributed by atoms with E-state index in [1.165, 1.54) is 23.1 Å². The molecule has 6 rings (SSSR count). The van der Waals surface area contributed by atoms with Gasteiger partial charge >= 0.3 is 0 Å². The number of halogens is 2. The summed E-state index contributed by atoms with van der Waals surface area (Å²) in [7, 11) is 0. The lowest BCUT2D eigenvalue weighted by Gasteiger charge is -2.36. The van der Waals surface area contributed by atoms with E-state index in [2.05, 4.69) is 21.2 Å². The molecule has 30 heavy (non-hydrogen) atoms. The minimum absolute atomic E-state index is 0.223. The Bertz CT molecular complexity index is 1150. The average Bonchev–Trinajstić information content (AvgIpc) is 3.42. The largest absolute Gasteiger partial charge is 0.324 e. The average molecular weight is 470 g/mol. The van der Waals surface area contributed by atoms with Crippen LogP contribution in [-0.2, 0) is 19.9 Å². The summed E-state index contributed by atoms with van der Waals surface area (Å²) in [5.41, 5.74) is 0.0835. The number of anilines is 2. The number of carbonyl (C=O) groups is 3. The number of para-hydroxylation sites is 1. The summed E-state index contributed by atoms with van der Waals surface area (Å²) >= 11 is 3.43. The third-order valence-corrected chi connectivity index (χ3v) is 7.72. The van der Waals surface area contributed by atoms with Gasteiger partial charge in [-0.15, -0.1) is 0 Å². The predicted octanol–water partition coefficient (Wildman–Crippen LogP) is 3.02. The Morgan fingerprint density at radius 2 is 1.90 bits per heavy atom. The molecule has 2 aromatic rings. The summed E-state index contributed by atoms with van der Waals surface area (Å²) in [6.07, 6.45) is 1.55. The molecule has 152 valence electrons. The highest BCUT2D eigenvalue weighted by atomic mass is 79.9. The summed E-state index contributed by atoms with van der Waals surface area (Å²) < 4.78 is 14.9. The number of amides is 3. The van der Waals surface area contributed by atoms with E-state index in [-0.39, 0.29) is 17.9 Å². The third kappa shape index (κ3) is 1.98. The number of imide groups is 1. The fraction of sp³-hybridized carbons (Fsp3) is 0.318. The van der Waals surface area contributed by atoms with Gasteiger partial charge in [-0.05, 0) is 65.6 Å². The molecule has 4 aliphatic heterocycles. The minimum atomic E-state index is -1.36.